The number of alkyl halides is 3. The molecule has 35 heavy (non-hydrogen) atoms. The third-order valence-electron chi connectivity index (χ3n) is 6.06. The Labute approximate surface area is 202 Å². The zero-order valence-corrected chi connectivity index (χ0v) is 19.5. The van der Waals surface area contributed by atoms with Crippen molar-refractivity contribution in [1.29, 1.82) is 0 Å². The third kappa shape index (κ3) is 5.74. The van der Waals surface area contributed by atoms with Gasteiger partial charge in [0.15, 0.2) is 0 Å². The smallest absolute Gasteiger partial charge is 0.417 e. The van der Waals surface area contributed by atoms with E-state index in [1.807, 2.05) is 60.4 Å². The Bertz CT molecular complexity index is 1150. The summed E-state index contributed by atoms with van der Waals surface area (Å²) in [5.41, 5.74) is 1.69. The molecule has 1 aliphatic rings. The van der Waals surface area contributed by atoms with Crippen LogP contribution < -0.4 is 15.0 Å². The van der Waals surface area contributed by atoms with Gasteiger partial charge in [-0.1, -0.05) is 36.4 Å². The molecule has 2 aromatic carbocycles. The van der Waals surface area contributed by atoms with Gasteiger partial charge in [-0.2, -0.15) is 13.2 Å². The number of ether oxygens (including phenoxy) is 1. The van der Waals surface area contributed by atoms with Crippen molar-refractivity contribution in [1.82, 2.24) is 9.88 Å². The highest BCUT2D eigenvalue weighted by Crippen LogP contribution is 2.31. The lowest BCUT2D eigenvalue weighted by Crippen LogP contribution is -2.50. The first-order chi connectivity index (χ1) is 16.8. The quantitative estimate of drug-likeness (QED) is 0.538. The van der Waals surface area contributed by atoms with Gasteiger partial charge in [-0.3, -0.25) is 9.69 Å². The van der Waals surface area contributed by atoms with Crippen LogP contribution in [-0.2, 0) is 11.0 Å². The molecule has 2 heterocycles. The van der Waals surface area contributed by atoms with Gasteiger partial charge in [-0.25, -0.2) is 4.98 Å². The van der Waals surface area contributed by atoms with Crippen molar-refractivity contribution in [2.24, 2.45) is 0 Å². The first kappa shape index (κ1) is 24.5. The largest absolute Gasteiger partial charge is 0.495 e. The number of carbonyl (C=O) groups excluding carboxylic acids is 1. The zero-order valence-electron chi connectivity index (χ0n) is 19.5. The number of carbonyl (C=O) groups is 1. The Balaban J connectivity index is 1.51. The number of methoxy groups -OCH3 is 1. The summed E-state index contributed by atoms with van der Waals surface area (Å²) in [6.07, 6.45) is -3.56. The Morgan fingerprint density at radius 3 is 2.34 bits per heavy atom. The third-order valence-corrected chi connectivity index (χ3v) is 6.06. The molecule has 0 aliphatic carbocycles. The Morgan fingerprint density at radius 2 is 1.74 bits per heavy atom. The van der Waals surface area contributed by atoms with Crippen LogP contribution >= 0.6 is 0 Å². The van der Waals surface area contributed by atoms with E-state index in [0.717, 1.165) is 23.4 Å². The second-order valence-corrected chi connectivity index (χ2v) is 8.43. The topological polar surface area (TPSA) is 57.7 Å². The number of piperazine rings is 1. The average Bonchev–Trinajstić information content (AvgIpc) is 2.85. The average molecular weight is 485 g/mol. The molecule has 184 valence electrons. The first-order valence-electron chi connectivity index (χ1n) is 11.3. The summed E-state index contributed by atoms with van der Waals surface area (Å²) in [5.74, 6) is 0.887. The van der Waals surface area contributed by atoms with Crippen molar-refractivity contribution in [2.75, 3.05) is 43.5 Å². The molecule has 4 rings (SSSR count). The van der Waals surface area contributed by atoms with E-state index in [1.165, 1.54) is 6.07 Å². The molecule has 6 nitrogen and oxygen atoms in total. The fourth-order valence-corrected chi connectivity index (χ4v) is 4.23. The maximum atomic E-state index is 13.5. The molecule has 1 saturated heterocycles. The number of aromatic nitrogens is 1. The SMILES string of the molecule is COc1ccc(C)cc1NC(=O)[C@H](c1ccccc1)N1CCN(c2ccc(C(F)(F)F)cn2)CC1. The predicted molar refractivity (Wildman–Crippen MR) is 129 cm³/mol. The van der Waals surface area contributed by atoms with Crippen LogP contribution in [0.3, 0.4) is 0 Å². The molecule has 0 bridgehead atoms. The van der Waals surface area contributed by atoms with E-state index in [2.05, 4.69) is 15.2 Å². The van der Waals surface area contributed by atoms with Crippen molar-refractivity contribution < 1.29 is 22.7 Å². The molecule has 0 unspecified atom stereocenters. The number of amides is 1. The summed E-state index contributed by atoms with van der Waals surface area (Å²) in [6, 6.07) is 17.0. The molecule has 0 radical (unpaired) electrons. The fourth-order valence-electron chi connectivity index (χ4n) is 4.23. The number of rotatable bonds is 6. The van der Waals surface area contributed by atoms with Crippen molar-refractivity contribution in [2.45, 2.75) is 19.1 Å². The lowest BCUT2D eigenvalue weighted by Gasteiger charge is -2.39. The number of hydrogen-bond acceptors (Lipinski definition) is 5. The molecule has 9 heteroatoms. The summed E-state index contributed by atoms with van der Waals surface area (Å²) in [5, 5.41) is 3.02. The number of benzene rings is 2. The number of nitrogens with one attached hydrogen (secondary N) is 1. The standard InChI is InChI=1S/C26H27F3N4O2/c1-18-8-10-22(35-2)21(16-18)31-25(34)24(19-6-4-3-5-7-19)33-14-12-32(13-15-33)23-11-9-20(17-30-23)26(27,28)29/h3-11,16-17,24H,12-15H2,1-2H3,(H,31,34)/t24-/m0/s1. The highest BCUT2D eigenvalue weighted by atomic mass is 19.4. The van der Waals surface area contributed by atoms with Gasteiger partial charge in [0.25, 0.3) is 0 Å². The number of anilines is 2. The van der Waals surface area contributed by atoms with E-state index in [1.54, 1.807) is 7.11 Å². The van der Waals surface area contributed by atoms with Gasteiger partial charge in [0.2, 0.25) is 5.91 Å². The Morgan fingerprint density at radius 1 is 1.03 bits per heavy atom. The summed E-state index contributed by atoms with van der Waals surface area (Å²) >= 11 is 0. The van der Waals surface area contributed by atoms with Gasteiger partial charge in [-0.05, 0) is 42.3 Å². The minimum atomic E-state index is -4.42. The highest BCUT2D eigenvalue weighted by Gasteiger charge is 2.33. The van der Waals surface area contributed by atoms with Crippen LogP contribution in [0.2, 0.25) is 0 Å². The molecule has 1 N–H and O–H groups in total. The molecule has 1 aliphatic heterocycles. The number of pyridine rings is 1. The van der Waals surface area contributed by atoms with E-state index < -0.39 is 17.8 Å². The first-order valence-corrected chi connectivity index (χ1v) is 11.3. The molecule has 1 atom stereocenters. The fraction of sp³-hybridized carbons (Fsp3) is 0.308. The minimum absolute atomic E-state index is 0.179. The van der Waals surface area contributed by atoms with Crippen LogP contribution in [0.4, 0.5) is 24.7 Å². The minimum Gasteiger partial charge on any atom is -0.495 e. The van der Waals surface area contributed by atoms with Crippen molar-refractivity contribution in [3.05, 3.63) is 83.6 Å². The summed E-state index contributed by atoms with van der Waals surface area (Å²) in [6.45, 7) is 4.09. The molecule has 0 spiro atoms. The maximum Gasteiger partial charge on any atom is 0.417 e. The van der Waals surface area contributed by atoms with Gasteiger partial charge in [0.1, 0.15) is 17.6 Å². The van der Waals surface area contributed by atoms with E-state index in [9.17, 15) is 18.0 Å². The van der Waals surface area contributed by atoms with Crippen LogP contribution in [0.1, 0.15) is 22.7 Å². The van der Waals surface area contributed by atoms with Gasteiger partial charge in [-0.15, -0.1) is 0 Å². The van der Waals surface area contributed by atoms with E-state index in [-0.39, 0.29) is 5.91 Å². The van der Waals surface area contributed by atoms with E-state index in [4.69, 9.17) is 4.74 Å². The number of hydrogen-bond donors (Lipinski definition) is 1. The zero-order chi connectivity index (χ0) is 25.0. The van der Waals surface area contributed by atoms with Crippen molar-refractivity contribution in [3.63, 3.8) is 0 Å². The van der Waals surface area contributed by atoms with Crippen LogP contribution in [-0.4, -0.2) is 49.1 Å². The molecule has 0 saturated carbocycles. The molecular weight excluding hydrogens is 457 g/mol. The summed E-state index contributed by atoms with van der Waals surface area (Å²) in [7, 11) is 1.56. The predicted octanol–water partition coefficient (Wildman–Crippen LogP) is 4.92. The van der Waals surface area contributed by atoms with E-state index in [0.29, 0.717) is 43.4 Å². The Hall–Kier alpha value is -3.59. The molecule has 1 amide bonds. The van der Waals surface area contributed by atoms with Crippen molar-refractivity contribution >= 4 is 17.4 Å². The monoisotopic (exact) mass is 484 g/mol. The molecule has 1 aromatic heterocycles. The second-order valence-electron chi connectivity index (χ2n) is 8.43. The lowest BCUT2D eigenvalue weighted by molar-refractivity contribution is -0.137. The lowest BCUT2D eigenvalue weighted by atomic mass is 10.0. The highest BCUT2D eigenvalue weighted by molar-refractivity contribution is 5.97. The van der Waals surface area contributed by atoms with Crippen LogP contribution in [0, 0.1) is 6.92 Å². The molecule has 3 aromatic rings. The van der Waals surface area contributed by atoms with Gasteiger partial charge in [0.05, 0.1) is 18.4 Å². The molecule has 1 fully saturated rings. The number of nitrogens with zero attached hydrogens (tertiary/aromatic N) is 3. The van der Waals surface area contributed by atoms with Crippen LogP contribution in [0.25, 0.3) is 0 Å². The van der Waals surface area contributed by atoms with Gasteiger partial charge >= 0.3 is 6.18 Å². The van der Waals surface area contributed by atoms with Gasteiger partial charge < -0.3 is 15.0 Å². The van der Waals surface area contributed by atoms with Gasteiger partial charge in [0, 0.05) is 32.4 Å². The van der Waals surface area contributed by atoms with Crippen LogP contribution in [0.15, 0.2) is 66.9 Å². The normalized spacial score (nSPS) is 15.5. The Kier molecular flexibility index (Phi) is 7.25. The molecular formula is C26H27F3N4O2. The van der Waals surface area contributed by atoms with Crippen molar-refractivity contribution in [3.8, 4) is 5.75 Å². The number of aryl methyl sites for hydroxylation is 1. The van der Waals surface area contributed by atoms with Crippen LogP contribution in [0.5, 0.6) is 5.75 Å². The number of halogens is 3. The maximum absolute atomic E-state index is 13.5. The summed E-state index contributed by atoms with van der Waals surface area (Å²) in [4.78, 5) is 21.6. The van der Waals surface area contributed by atoms with E-state index >= 15 is 0 Å². The second kappa shape index (κ2) is 10.4. The summed E-state index contributed by atoms with van der Waals surface area (Å²) < 4.78 is 44.0.